The lowest BCUT2D eigenvalue weighted by molar-refractivity contribution is -0.159. The predicted octanol–water partition coefficient (Wildman–Crippen LogP) is 2.37. The molecular weight excluding hydrogens is 318 g/mol. The minimum absolute atomic E-state index is 0.0389. The molecule has 0 radical (unpaired) electrons. The van der Waals surface area contributed by atoms with E-state index in [9.17, 15) is 19.8 Å². The third-order valence-corrected chi connectivity index (χ3v) is 3.98. The topological polar surface area (TPSA) is 107 Å². The molecule has 1 aromatic heterocycles. The average molecular weight is 341 g/mol. The van der Waals surface area contributed by atoms with Crippen molar-refractivity contribution in [2.75, 3.05) is 6.61 Å². The minimum atomic E-state index is -1.08. The number of carbonyl (C=O) groups excluding carboxylic acids is 2. The Morgan fingerprint density at radius 2 is 1.75 bits per heavy atom. The van der Waals surface area contributed by atoms with Gasteiger partial charge in [-0.15, -0.1) is 4.73 Å². The number of aromatic nitrogens is 1. The molecular formula is C16H23NO7. The molecule has 1 aromatic rings. The number of esters is 1. The molecule has 0 spiro atoms. The Morgan fingerprint density at radius 1 is 1.17 bits per heavy atom. The molecule has 0 atom stereocenters. The van der Waals surface area contributed by atoms with E-state index in [1.165, 1.54) is 12.1 Å². The Balaban J connectivity index is 2.02. The zero-order valence-electron chi connectivity index (χ0n) is 13.9. The summed E-state index contributed by atoms with van der Waals surface area (Å²) in [4.78, 5) is 28.5. The fourth-order valence-corrected chi connectivity index (χ4v) is 2.61. The lowest BCUT2D eigenvalue weighted by Gasteiger charge is -2.35. The molecule has 134 valence electrons. The van der Waals surface area contributed by atoms with E-state index in [0.717, 1.165) is 19.3 Å². The van der Waals surface area contributed by atoms with Crippen molar-refractivity contribution >= 4 is 12.1 Å². The van der Waals surface area contributed by atoms with Gasteiger partial charge in [-0.05, 0) is 25.7 Å². The number of nitrogens with zero attached hydrogens (tertiary/aromatic N) is 1. The molecule has 0 unspecified atom stereocenters. The highest BCUT2D eigenvalue weighted by Gasteiger charge is 2.39. The van der Waals surface area contributed by atoms with Gasteiger partial charge in [0.25, 0.3) is 0 Å². The molecule has 1 heterocycles. The summed E-state index contributed by atoms with van der Waals surface area (Å²) in [7, 11) is 0. The van der Waals surface area contributed by atoms with Crippen LogP contribution >= 0.6 is 0 Å². The lowest BCUT2D eigenvalue weighted by atomic mass is 9.85. The number of ether oxygens (including phenoxy) is 2. The first-order valence-corrected chi connectivity index (χ1v) is 8.01. The van der Waals surface area contributed by atoms with E-state index in [-0.39, 0.29) is 18.5 Å². The van der Waals surface area contributed by atoms with Gasteiger partial charge in [0, 0.05) is 12.1 Å². The van der Waals surface area contributed by atoms with E-state index < -0.39 is 23.5 Å². The highest BCUT2D eigenvalue weighted by Crippen LogP contribution is 2.33. The summed E-state index contributed by atoms with van der Waals surface area (Å²) in [6.07, 6.45) is 2.71. The number of hydrogen-bond acceptors (Lipinski definition) is 7. The van der Waals surface area contributed by atoms with Crippen LogP contribution in [0.1, 0.15) is 46.0 Å². The van der Waals surface area contributed by atoms with Crippen LogP contribution in [-0.4, -0.2) is 39.3 Å². The second-order valence-corrected chi connectivity index (χ2v) is 6.29. The first-order valence-electron chi connectivity index (χ1n) is 8.01. The molecule has 8 nitrogen and oxygen atoms in total. The standard InChI is InChI=1S/C16H23NO7/c1-11(2)14(20)22-10-16(8-4-3-5-9-16)23-15(21)24-17-12(18)6-7-13(17)19/h6-7,11,18-19H,3-5,8-10H2,1-2H3. The highest BCUT2D eigenvalue weighted by molar-refractivity contribution is 5.71. The Morgan fingerprint density at radius 3 is 2.29 bits per heavy atom. The maximum Gasteiger partial charge on any atom is 0.534 e. The molecule has 0 aliphatic heterocycles. The van der Waals surface area contributed by atoms with Gasteiger partial charge in [0.05, 0.1) is 5.92 Å². The molecule has 1 aliphatic rings. The monoisotopic (exact) mass is 341 g/mol. The van der Waals surface area contributed by atoms with Crippen molar-refractivity contribution in [3.05, 3.63) is 12.1 Å². The Hall–Kier alpha value is -2.38. The second kappa shape index (κ2) is 7.46. The van der Waals surface area contributed by atoms with Gasteiger partial charge in [-0.1, -0.05) is 20.3 Å². The van der Waals surface area contributed by atoms with Crippen molar-refractivity contribution in [3.63, 3.8) is 0 Å². The number of rotatable bonds is 5. The molecule has 0 bridgehead atoms. The average Bonchev–Trinajstić information content (AvgIpc) is 2.85. The zero-order chi connectivity index (χ0) is 17.7. The van der Waals surface area contributed by atoms with Crippen LogP contribution in [-0.2, 0) is 14.3 Å². The smallest absolute Gasteiger partial charge is 0.492 e. The molecule has 1 saturated carbocycles. The van der Waals surface area contributed by atoms with Gasteiger partial charge in [-0.2, -0.15) is 0 Å². The van der Waals surface area contributed by atoms with Crippen LogP contribution in [0.25, 0.3) is 0 Å². The van der Waals surface area contributed by atoms with Crippen LogP contribution in [0.2, 0.25) is 0 Å². The molecule has 8 heteroatoms. The summed E-state index contributed by atoms with van der Waals surface area (Å²) in [6, 6.07) is 2.34. The molecule has 2 rings (SSSR count). The molecule has 1 aliphatic carbocycles. The van der Waals surface area contributed by atoms with Gasteiger partial charge in [0.2, 0.25) is 11.8 Å². The van der Waals surface area contributed by atoms with E-state index in [1.807, 2.05) is 0 Å². The number of aromatic hydroxyl groups is 2. The highest BCUT2D eigenvalue weighted by atomic mass is 16.8. The Kier molecular flexibility index (Phi) is 5.58. The summed E-state index contributed by atoms with van der Waals surface area (Å²) < 4.78 is 11.2. The van der Waals surface area contributed by atoms with E-state index in [2.05, 4.69) is 0 Å². The Bertz CT molecular complexity index is 568. The van der Waals surface area contributed by atoms with Gasteiger partial charge in [-0.3, -0.25) is 9.63 Å². The van der Waals surface area contributed by atoms with Crippen LogP contribution in [0.15, 0.2) is 12.1 Å². The quantitative estimate of drug-likeness (QED) is 0.792. The first kappa shape index (κ1) is 18.0. The minimum Gasteiger partial charge on any atom is -0.492 e. The third kappa shape index (κ3) is 4.33. The predicted molar refractivity (Wildman–Crippen MR) is 82.4 cm³/mol. The molecule has 0 saturated heterocycles. The summed E-state index contributed by atoms with van der Waals surface area (Å²) >= 11 is 0. The van der Waals surface area contributed by atoms with Crippen molar-refractivity contribution in [2.24, 2.45) is 5.92 Å². The zero-order valence-corrected chi connectivity index (χ0v) is 13.9. The maximum absolute atomic E-state index is 12.0. The third-order valence-electron chi connectivity index (χ3n) is 3.98. The molecule has 24 heavy (non-hydrogen) atoms. The van der Waals surface area contributed by atoms with Crippen molar-refractivity contribution in [3.8, 4) is 11.8 Å². The number of hydrogen-bond donors (Lipinski definition) is 2. The van der Waals surface area contributed by atoms with Crippen LogP contribution < -0.4 is 4.84 Å². The fraction of sp³-hybridized carbons (Fsp3) is 0.625. The van der Waals surface area contributed by atoms with Gasteiger partial charge in [-0.25, -0.2) is 4.79 Å². The van der Waals surface area contributed by atoms with Gasteiger partial charge >= 0.3 is 12.1 Å². The SMILES string of the molecule is CC(C)C(=O)OCC1(OC(=O)On2c(O)ccc2O)CCCCC1. The van der Waals surface area contributed by atoms with Crippen molar-refractivity contribution < 1.29 is 34.1 Å². The normalized spacial score (nSPS) is 16.6. The molecule has 0 amide bonds. The van der Waals surface area contributed by atoms with Crippen molar-refractivity contribution in [1.29, 1.82) is 0 Å². The van der Waals surface area contributed by atoms with Gasteiger partial charge in [0.15, 0.2) is 0 Å². The lowest BCUT2D eigenvalue weighted by Crippen LogP contribution is -2.44. The van der Waals surface area contributed by atoms with E-state index in [0.29, 0.717) is 17.6 Å². The number of carbonyl (C=O) groups is 2. The van der Waals surface area contributed by atoms with Crippen LogP contribution in [0.5, 0.6) is 11.8 Å². The van der Waals surface area contributed by atoms with E-state index in [4.69, 9.17) is 14.3 Å². The Labute approximate surface area is 139 Å². The molecule has 0 aromatic carbocycles. The van der Waals surface area contributed by atoms with Crippen molar-refractivity contribution in [1.82, 2.24) is 4.73 Å². The maximum atomic E-state index is 12.0. The van der Waals surface area contributed by atoms with E-state index >= 15 is 0 Å². The summed E-state index contributed by atoms with van der Waals surface area (Å²) in [5.41, 5.74) is -0.946. The van der Waals surface area contributed by atoms with E-state index in [1.54, 1.807) is 13.8 Å². The van der Waals surface area contributed by atoms with Crippen LogP contribution in [0.3, 0.4) is 0 Å². The van der Waals surface area contributed by atoms with Gasteiger partial charge in [0.1, 0.15) is 12.2 Å². The van der Waals surface area contributed by atoms with Gasteiger partial charge < -0.3 is 19.7 Å². The van der Waals surface area contributed by atoms with Crippen LogP contribution in [0, 0.1) is 5.92 Å². The second-order valence-electron chi connectivity index (χ2n) is 6.29. The molecule has 2 N–H and O–H groups in total. The van der Waals surface area contributed by atoms with Crippen molar-refractivity contribution in [2.45, 2.75) is 51.6 Å². The summed E-state index contributed by atoms with van der Waals surface area (Å²) in [5, 5.41) is 19.0. The summed E-state index contributed by atoms with van der Waals surface area (Å²) in [6.45, 7) is 3.41. The fourth-order valence-electron chi connectivity index (χ4n) is 2.61. The largest absolute Gasteiger partial charge is 0.534 e. The summed E-state index contributed by atoms with van der Waals surface area (Å²) in [5.74, 6) is -1.51. The molecule has 1 fully saturated rings. The first-order chi connectivity index (χ1) is 11.3. The van der Waals surface area contributed by atoms with Crippen LogP contribution in [0.4, 0.5) is 4.79 Å².